The molecule has 1 unspecified atom stereocenters. The molecule has 0 amide bonds. The van der Waals surface area contributed by atoms with Crippen molar-refractivity contribution in [3.05, 3.63) is 24.3 Å². The zero-order valence-corrected chi connectivity index (χ0v) is 15.1. The molecule has 1 aromatic heterocycles. The minimum atomic E-state index is -3.84. The summed E-state index contributed by atoms with van der Waals surface area (Å²) in [6, 6.07) is 6.17. The van der Waals surface area contributed by atoms with Gasteiger partial charge in [0.1, 0.15) is 0 Å². The van der Waals surface area contributed by atoms with Gasteiger partial charge in [0.2, 0.25) is 10.0 Å². The second kappa shape index (κ2) is 7.70. The summed E-state index contributed by atoms with van der Waals surface area (Å²) in [5.41, 5.74) is 0.548. The first-order chi connectivity index (χ1) is 11.7. The Morgan fingerprint density at radius 3 is 2.64 bits per heavy atom. The van der Waals surface area contributed by atoms with Crippen LogP contribution in [-0.2, 0) is 21.9 Å². The summed E-state index contributed by atoms with van der Waals surface area (Å²) in [6.45, 7) is 3.62. The quantitative estimate of drug-likeness (QED) is 0.709. The Kier molecular flexibility index (Phi) is 5.85. The van der Waals surface area contributed by atoms with Gasteiger partial charge in [0.05, 0.1) is 10.8 Å². The molecule has 1 heterocycles. The molecule has 2 aromatic rings. The average molecular weight is 367 g/mol. The van der Waals surface area contributed by atoms with E-state index in [1.165, 1.54) is 16.8 Å². The van der Waals surface area contributed by atoms with Crippen LogP contribution in [-0.4, -0.2) is 46.2 Å². The number of carboxylic acids is 1. The van der Waals surface area contributed by atoms with Crippen molar-refractivity contribution in [2.24, 2.45) is 18.9 Å². The van der Waals surface area contributed by atoms with Gasteiger partial charge in [-0.2, -0.15) is 0 Å². The van der Waals surface area contributed by atoms with Crippen LogP contribution in [0.1, 0.15) is 20.3 Å². The first-order valence-electron chi connectivity index (χ1n) is 7.76. The number of aliphatic carboxylic acids is 1. The number of benzene rings is 1. The summed E-state index contributed by atoms with van der Waals surface area (Å²) in [6.07, 6.45) is 0.391. The summed E-state index contributed by atoms with van der Waals surface area (Å²) < 4.78 is 28.8. The lowest BCUT2D eigenvalue weighted by atomic mass is 9.98. The van der Waals surface area contributed by atoms with Gasteiger partial charge in [-0.3, -0.25) is 4.79 Å². The first kappa shape index (κ1) is 19.0. The number of carbonyl (C=O) groups is 1. The van der Waals surface area contributed by atoms with Crippen LogP contribution in [0.3, 0.4) is 0 Å². The fourth-order valence-corrected chi connectivity index (χ4v) is 3.54. The van der Waals surface area contributed by atoms with Crippen molar-refractivity contribution < 1.29 is 18.3 Å². The maximum atomic E-state index is 12.5. The molecule has 0 bridgehead atoms. The Balaban J connectivity index is 2.19. The molecule has 0 spiro atoms. The van der Waals surface area contributed by atoms with Crippen LogP contribution >= 0.6 is 0 Å². The number of hydrogen-bond acceptors (Lipinski definition) is 6. The van der Waals surface area contributed by atoms with Crippen molar-refractivity contribution in [2.75, 3.05) is 6.54 Å². The first-order valence-corrected chi connectivity index (χ1v) is 9.24. The number of aromatic nitrogens is 4. The second-order valence-corrected chi connectivity index (χ2v) is 7.94. The molecule has 0 radical (unpaired) electrons. The Morgan fingerprint density at radius 2 is 2.08 bits per heavy atom. The molecule has 136 valence electrons. The van der Waals surface area contributed by atoms with E-state index in [1.54, 1.807) is 19.2 Å². The number of sulfonamides is 1. The monoisotopic (exact) mass is 367 g/mol. The second-order valence-electron chi connectivity index (χ2n) is 6.17. The van der Waals surface area contributed by atoms with E-state index in [-0.39, 0.29) is 17.4 Å². The molecule has 0 saturated heterocycles. The SMILES string of the molecule is CC(C)CC(CNS(=O)(=O)c1cccc(-c2nnnn2C)c1)C(=O)O. The number of tetrazole rings is 1. The van der Waals surface area contributed by atoms with Gasteiger partial charge in [0.25, 0.3) is 0 Å². The molecule has 1 atom stereocenters. The predicted octanol–water partition coefficient (Wildman–Crippen LogP) is 0.902. The van der Waals surface area contributed by atoms with Crippen molar-refractivity contribution in [3.63, 3.8) is 0 Å². The summed E-state index contributed by atoms with van der Waals surface area (Å²) in [5.74, 6) is -1.21. The smallest absolute Gasteiger partial charge is 0.307 e. The molecule has 10 heteroatoms. The van der Waals surface area contributed by atoms with Crippen LogP contribution in [0.2, 0.25) is 0 Å². The van der Waals surface area contributed by atoms with Crippen LogP contribution in [0.4, 0.5) is 0 Å². The summed E-state index contributed by atoms with van der Waals surface area (Å²) in [5, 5.41) is 20.3. The number of nitrogens with one attached hydrogen (secondary N) is 1. The molecule has 9 nitrogen and oxygen atoms in total. The number of aryl methyl sites for hydroxylation is 1. The fraction of sp³-hybridized carbons (Fsp3) is 0.467. The zero-order valence-electron chi connectivity index (χ0n) is 14.2. The third-order valence-corrected chi connectivity index (χ3v) is 5.07. The highest BCUT2D eigenvalue weighted by Gasteiger charge is 2.23. The summed E-state index contributed by atoms with van der Waals surface area (Å²) in [7, 11) is -2.19. The lowest BCUT2D eigenvalue weighted by molar-refractivity contribution is -0.142. The van der Waals surface area contributed by atoms with Gasteiger partial charge in [0, 0.05) is 19.2 Å². The van der Waals surface area contributed by atoms with Crippen molar-refractivity contribution in [1.29, 1.82) is 0 Å². The van der Waals surface area contributed by atoms with Gasteiger partial charge in [0.15, 0.2) is 5.82 Å². The molecule has 2 N–H and O–H groups in total. The van der Waals surface area contributed by atoms with E-state index in [9.17, 15) is 18.3 Å². The fourth-order valence-electron chi connectivity index (χ4n) is 2.41. The molecule has 0 aliphatic heterocycles. The maximum Gasteiger partial charge on any atom is 0.307 e. The van der Waals surface area contributed by atoms with Crippen LogP contribution in [0, 0.1) is 11.8 Å². The highest BCUT2D eigenvalue weighted by molar-refractivity contribution is 7.89. The Hall–Kier alpha value is -2.33. The summed E-state index contributed by atoms with van der Waals surface area (Å²) in [4.78, 5) is 11.3. The molecule has 0 aliphatic rings. The topological polar surface area (TPSA) is 127 Å². The van der Waals surface area contributed by atoms with E-state index < -0.39 is 21.9 Å². The van der Waals surface area contributed by atoms with Crippen LogP contribution in [0.15, 0.2) is 29.2 Å². The Bertz CT molecular complexity index is 847. The molecular weight excluding hydrogens is 346 g/mol. The summed E-state index contributed by atoms with van der Waals surface area (Å²) >= 11 is 0. The molecule has 1 aromatic carbocycles. The van der Waals surface area contributed by atoms with Crippen molar-refractivity contribution in [1.82, 2.24) is 24.9 Å². The van der Waals surface area contributed by atoms with Crippen molar-refractivity contribution in [3.8, 4) is 11.4 Å². The molecule has 0 saturated carbocycles. The van der Waals surface area contributed by atoms with E-state index >= 15 is 0 Å². The van der Waals surface area contributed by atoms with Gasteiger partial charge in [-0.25, -0.2) is 17.8 Å². The van der Waals surface area contributed by atoms with E-state index in [1.807, 2.05) is 13.8 Å². The van der Waals surface area contributed by atoms with Crippen LogP contribution < -0.4 is 4.72 Å². The van der Waals surface area contributed by atoms with E-state index in [0.717, 1.165) is 0 Å². The van der Waals surface area contributed by atoms with E-state index in [4.69, 9.17) is 0 Å². The molecule has 2 rings (SSSR count). The van der Waals surface area contributed by atoms with Crippen LogP contribution in [0.25, 0.3) is 11.4 Å². The van der Waals surface area contributed by atoms with Crippen molar-refractivity contribution >= 4 is 16.0 Å². The minimum Gasteiger partial charge on any atom is -0.481 e. The number of nitrogens with zero attached hydrogens (tertiary/aromatic N) is 4. The van der Waals surface area contributed by atoms with E-state index in [0.29, 0.717) is 17.8 Å². The lowest BCUT2D eigenvalue weighted by Crippen LogP contribution is -2.33. The third kappa shape index (κ3) is 4.83. The number of carboxylic acid groups (broad SMARTS) is 1. The van der Waals surface area contributed by atoms with Gasteiger partial charge < -0.3 is 5.11 Å². The highest BCUT2D eigenvalue weighted by Crippen LogP contribution is 2.20. The minimum absolute atomic E-state index is 0.0293. The zero-order chi connectivity index (χ0) is 18.6. The lowest BCUT2D eigenvalue weighted by Gasteiger charge is -2.15. The molecule has 0 fully saturated rings. The largest absolute Gasteiger partial charge is 0.481 e. The number of hydrogen-bond donors (Lipinski definition) is 2. The average Bonchev–Trinajstić information content (AvgIpc) is 2.97. The van der Waals surface area contributed by atoms with Crippen molar-refractivity contribution in [2.45, 2.75) is 25.2 Å². The van der Waals surface area contributed by atoms with Gasteiger partial charge in [-0.15, -0.1) is 5.10 Å². The molecule has 25 heavy (non-hydrogen) atoms. The van der Waals surface area contributed by atoms with Gasteiger partial charge in [-0.05, 0) is 34.9 Å². The Labute approximate surface area is 146 Å². The number of rotatable bonds is 8. The molecular formula is C15H21N5O4S. The third-order valence-electron chi connectivity index (χ3n) is 3.65. The van der Waals surface area contributed by atoms with Gasteiger partial charge in [-0.1, -0.05) is 26.0 Å². The predicted molar refractivity (Wildman–Crippen MR) is 90.0 cm³/mol. The van der Waals surface area contributed by atoms with Gasteiger partial charge >= 0.3 is 5.97 Å². The standard InChI is InChI=1S/C15H21N5O4S/c1-10(2)7-12(15(21)22)9-16-25(23,24)13-6-4-5-11(8-13)14-17-18-19-20(14)3/h4-6,8,10,12,16H,7,9H2,1-3H3,(H,21,22). The van der Waals surface area contributed by atoms with Crippen LogP contribution in [0.5, 0.6) is 0 Å². The molecule has 0 aliphatic carbocycles. The van der Waals surface area contributed by atoms with E-state index in [2.05, 4.69) is 20.2 Å². The maximum absolute atomic E-state index is 12.5. The highest BCUT2D eigenvalue weighted by atomic mass is 32.2. The Morgan fingerprint density at radius 1 is 1.36 bits per heavy atom. The normalized spacial score (nSPS) is 13.1.